The lowest BCUT2D eigenvalue weighted by atomic mass is 10.1. The van der Waals surface area contributed by atoms with Crippen molar-refractivity contribution >= 4 is 11.9 Å². The summed E-state index contributed by atoms with van der Waals surface area (Å²) in [5, 5.41) is 3.30. The van der Waals surface area contributed by atoms with E-state index in [0.29, 0.717) is 87.2 Å². The predicted molar refractivity (Wildman–Crippen MR) is 172 cm³/mol. The number of rotatable bonds is 15. The molecule has 5 rings (SSSR count). The number of hydrogen-bond donors (Lipinski definition) is 1. The maximum Gasteiger partial charge on any atom is 0.310 e. The highest BCUT2D eigenvalue weighted by molar-refractivity contribution is 5.76. The summed E-state index contributed by atoms with van der Waals surface area (Å²) in [4.78, 5) is 45.1. The van der Waals surface area contributed by atoms with Crippen molar-refractivity contribution in [2.24, 2.45) is 0 Å². The molecule has 0 bridgehead atoms. The van der Waals surface area contributed by atoms with Gasteiger partial charge < -0.3 is 29.2 Å². The van der Waals surface area contributed by atoms with Crippen LogP contribution in [-0.2, 0) is 40.4 Å². The number of amides is 1. The minimum absolute atomic E-state index is 0.0229. The molecule has 1 saturated heterocycles. The average molecular weight is 633 g/mol. The summed E-state index contributed by atoms with van der Waals surface area (Å²) in [7, 11) is 0. The smallest absolute Gasteiger partial charge is 0.310 e. The molecule has 0 radical (unpaired) electrons. The number of benzene rings is 2. The van der Waals surface area contributed by atoms with Crippen molar-refractivity contribution in [2.75, 3.05) is 26.3 Å². The van der Waals surface area contributed by atoms with Crippen molar-refractivity contribution < 1.29 is 28.5 Å². The molecule has 1 fully saturated rings. The standard InChI is InChI=1S/C35H44N4O7/c1-3-5-19-43-27-8-6-9-28(21-27)46-35-37-31-16-18-38(24-30(31)34(42)39(35)23-29-10-7-20-44-29)32(40)15-17-36-22-25-11-13-26(14-12-25)45-33(41)4-2/h6,8-9,11-14,21,29,36H,3-5,7,10,15-20,22-24H2,1-2H3/t29-/m1/s1. The third-order valence-corrected chi connectivity index (χ3v) is 8.11. The average Bonchev–Trinajstić information content (AvgIpc) is 3.59. The molecule has 0 spiro atoms. The first-order valence-electron chi connectivity index (χ1n) is 16.4. The SMILES string of the molecule is CCCCOc1cccc(Oc2nc3c(c(=O)n2C[C@H]2CCCO2)CN(C(=O)CCNCc2ccc(OC(=O)CC)cc2)CC3)c1. The van der Waals surface area contributed by atoms with E-state index in [1.807, 2.05) is 36.4 Å². The molecule has 246 valence electrons. The van der Waals surface area contributed by atoms with Gasteiger partial charge in [-0.25, -0.2) is 4.98 Å². The first-order valence-corrected chi connectivity index (χ1v) is 16.4. The first-order chi connectivity index (χ1) is 22.4. The summed E-state index contributed by atoms with van der Waals surface area (Å²) < 4.78 is 24.7. The summed E-state index contributed by atoms with van der Waals surface area (Å²) >= 11 is 0. The normalized spacial score (nSPS) is 15.8. The molecular weight excluding hydrogens is 588 g/mol. The van der Waals surface area contributed by atoms with Gasteiger partial charge in [-0.15, -0.1) is 0 Å². The Morgan fingerprint density at radius 2 is 1.91 bits per heavy atom. The molecule has 1 N–H and O–H groups in total. The number of aromatic nitrogens is 2. The number of hydrogen-bond acceptors (Lipinski definition) is 9. The number of nitrogens with zero attached hydrogens (tertiary/aromatic N) is 3. The van der Waals surface area contributed by atoms with E-state index in [1.165, 1.54) is 0 Å². The lowest BCUT2D eigenvalue weighted by molar-refractivity contribution is -0.134. The summed E-state index contributed by atoms with van der Waals surface area (Å²) in [6.07, 6.45) is 4.80. The van der Waals surface area contributed by atoms with E-state index in [2.05, 4.69) is 12.2 Å². The van der Waals surface area contributed by atoms with E-state index in [0.717, 1.165) is 31.2 Å². The fourth-order valence-electron chi connectivity index (χ4n) is 5.47. The molecule has 46 heavy (non-hydrogen) atoms. The number of ether oxygens (including phenoxy) is 4. The number of unbranched alkanes of at least 4 members (excludes halogenated alkanes) is 1. The van der Waals surface area contributed by atoms with Crippen molar-refractivity contribution in [3.8, 4) is 23.3 Å². The van der Waals surface area contributed by atoms with Gasteiger partial charge in [0.25, 0.3) is 5.56 Å². The van der Waals surface area contributed by atoms with E-state index < -0.39 is 0 Å². The van der Waals surface area contributed by atoms with Crippen molar-refractivity contribution in [1.82, 2.24) is 19.8 Å². The summed E-state index contributed by atoms with van der Waals surface area (Å²) in [5.41, 5.74) is 2.00. The van der Waals surface area contributed by atoms with Crippen LogP contribution in [0.1, 0.15) is 69.2 Å². The topological polar surface area (TPSA) is 121 Å². The highest BCUT2D eigenvalue weighted by Gasteiger charge is 2.28. The third-order valence-electron chi connectivity index (χ3n) is 8.11. The van der Waals surface area contributed by atoms with Crippen LogP contribution in [0.2, 0.25) is 0 Å². The van der Waals surface area contributed by atoms with Gasteiger partial charge in [0.15, 0.2) is 0 Å². The van der Waals surface area contributed by atoms with Crippen LogP contribution in [0.5, 0.6) is 23.3 Å². The lowest BCUT2D eigenvalue weighted by Gasteiger charge is -2.29. The first kappa shape index (κ1) is 33.2. The van der Waals surface area contributed by atoms with E-state index in [4.69, 9.17) is 23.9 Å². The van der Waals surface area contributed by atoms with Crippen LogP contribution in [0.4, 0.5) is 0 Å². The van der Waals surface area contributed by atoms with Crippen LogP contribution in [0.3, 0.4) is 0 Å². The molecule has 3 aromatic rings. The Morgan fingerprint density at radius 3 is 2.67 bits per heavy atom. The zero-order valence-corrected chi connectivity index (χ0v) is 26.8. The van der Waals surface area contributed by atoms with Crippen LogP contribution in [-0.4, -0.2) is 58.7 Å². The van der Waals surface area contributed by atoms with E-state index in [-0.39, 0.29) is 36.1 Å². The Balaban J connectivity index is 1.22. The number of carbonyl (C=O) groups excluding carboxylic acids is 2. The van der Waals surface area contributed by atoms with Gasteiger partial charge in [0.1, 0.15) is 17.2 Å². The van der Waals surface area contributed by atoms with Crippen LogP contribution >= 0.6 is 0 Å². The Kier molecular flexibility index (Phi) is 11.8. The molecule has 2 aliphatic rings. The highest BCUT2D eigenvalue weighted by Crippen LogP contribution is 2.27. The summed E-state index contributed by atoms with van der Waals surface area (Å²) in [6.45, 7) is 7.25. The monoisotopic (exact) mass is 632 g/mol. The van der Waals surface area contributed by atoms with Gasteiger partial charge >= 0.3 is 12.0 Å². The largest absolute Gasteiger partial charge is 0.493 e. The minimum atomic E-state index is -0.273. The number of fused-ring (bicyclic) bond motifs is 1. The minimum Gasteiger partial charge on any atom is -0.493 e. The van der Waals surface area contributed by atoms with Crippen LogP contribution in [0.15, 0.2) is 53.3 Å². The van der Waals surface area contributed by atoms with Crippen LogP contribution < -0.4 is 25.1 Å². The molecule has 2 aliphatic heterocycles. The molecule has 0 aliphatic carbocycles. The van der Waals surface area contributed by atoms with Crippen LogP contribution in [0.25, 0.3) is 0 Å². The molecule has 1 amide bonds. The van der Waals surface area contributed by atoms with Crippen molar-refractivity contribution in [2.45, 2.75) is 84.5 Å². The van der Waals surface area contributed by atoms with Gasteiger partial charge in [-0.2, -0.15) is 0 Å². The zero-order chi connectivity index (χ0) is 32.3. The highest BCUT2D eigenvalue weighted by atomic mass is 16.5. The molecule has 2 aromatic carbocycles. The maximum atomic E-state index is 13.9. The molecule has 0 saturated carbocycles. The maximum absolute atomic E-state index is 13.9. The van der Waals surface area contributed by atoms with Gasteiger partial charge in [0.2, 0.25) is 5.91 Å². The Bertz CT molecular complexity index is 1530. The molecule has 3 heterocycles. The Labute approximate surface area is 269 Å². The second kappa shape index (κ2) is 16.4. The zero-order valence-electron chi connectivity index (χ0n) is 26.8. The van der Waals surface area contributed by atoms with Crippen molar-refractivity contribution in [1.29, 1.82) is 0 Å². The van der Waals surface area contributed by atoms with Gasteiger partial charge in [0.05, 0.1) is 37.1 Å². The fraction of sp³-hybridized carbons (Fsp3) is 0.486. The number of nitrogens with one attached hydrogen (secondary N) is 1. The molecular formula is C35H44N4O7. The molecule has 0 unspecified atom stereocenters. The second-order valence-electron chi connectivity index (χ2n) is 11.6. The van der Waals surface area contributed by atoms with Crippen molar-refractivity contribution in [3.05, 3.63) is 75.7 Å². The quantitative estimate of drug-likeness (QED) is 0.143. The lowest BCUT2D eigenvalue weighted by Crippen LogP contribution is -2.42. The van der Waals surface area contributed by atoms with E-state index >= 15 is 0 Å². The van der Waals surface area contributed by atoms with E-state index in [1.54, 1.807) is 28.5 Å². The molecule has 1 aromatic heterocycles. The summed E-state index contributed by atoms with van der Waals surface area (Å²) in [6, 6.07) is 14.9. The predicted octanol–water partition coefficient (Wildman–Crippen LogP) is 4.77. The van der Waals surface area contributed by atoms with Gasteiger partial charge in [-0.1, -0.05) is 38.5 Å². The van der Waals surface area contributed by atoms with E-state index in [9.17, 15) is 14.4 Å². The second-order valence-corrected chi connectivity index (χ2v) is 11.6. The fourth-order valence-corrected chi connectivity index (χ4v) is 5.47. The molecule has 1 atom stereocenters. The Morgan fingerprint density at radius 1 is 1.09 bits per heavy atom. The summed E-state index contributed by atoms with van der Waals surface area (Å²) in [5.74, 6) is 1.46. The number of esters is 1. The molecule has 11 heteroatoms. The molecule has 11 nitrogen and oxygen atoms in total. The van der Waals surface area contributed by atoms with Crippen LogP contribution in [0, 0.1) is 0 Å². The van der Waals surface area contributed by atoms with Gasteiger partial charge in [-0.05, 0) is 49.1 Å². The van der Waals surface area contributed by atoms with Crippen molar-refractivity contribution in [3.63, 3.8) is 0 Å². The van der Waals surface area contributed by atoms with Gasteiger partial charge in [-0.3, -0.25) is 19.0 Å². The van der Waals surface area contributed by atoms with Gasteiger partial charge in [0, 0.05) is 51.6 Å². The third kappa shape index (κ3) is 8.95. The Hall–Kier alpha value is -4.22. The number of carbonyl (C=O) groups is 2.